The summed E-state index contributed by atoms with van der Waals surface area (Å²) in [5.74, 6) is 0. The molecular weight excluding hydrogens is 91.1 g/mol. The molecule has 0 saturated carbocycles. The highest BCUT2D eigenvalue weighted by Gasteiger charge is 1.85. The van der Waals surface area contributed by atoms with Gasteiger partial charge in [-0.15, -0.1) is 0 Å². The van der Waals surface area contributed by atoms with Crippen LogP contribution in [-0.4, -0.2) is 16.7 Å². The van der Waals surface area contributed by atoms with Crippen molar-refractivity contribution in [2.75, 3.05) is 12.5 Å². The van der Waals surface area contributed by atoms with Gasteiger partial charge in [-0.2, -0.15) is 3.89 Å². The number of rotatable bonds is 0. The van der Waals surface area contributed by atoms with Crippen molar-refractivity contribution in [2.45, 2.75) is 0 Å². The highest BCUT2D eigenvalue weighted by Crippen LogP contribution is 1.88. The second-order valence-electron chi connectivity index (χ2n) is 1.22. The highest BCUT2D eigenvalue weighted by atomic mass is 32.3. The largest absolute Gasteiger partial charge is 0.256 e. The number of halogens is 1. The topological polar surface area (TPSA) is 17.1 Å². The summed E-state index contributed by atoms with van der Waals surface area (Å²) in [6, 6.07) is 0. The zero-order valence-electron chi connectivity index (χ0n) is 3.23. The van der Waals surface area contributed by atoms with E-state index in [1.807, 2.05) is 0 Å². The van der Waals surface area contributed by atoms with E-state index in [1.165, 1.54) is 0 Å². The third-order valence-corrected chi connectivity index (χ3v) is 0. The van der Waals surface area contributed by atoms with Gasteiger partial charge in [0.1, 0.15) is 0 Å². The average Bonchev–Trinajstić information content (AvgIpc) is 0.722. The van der Waals surface area contributed by atoms with Crippen molar-refractivity contribution in [1.82, 2.24) is 0 Å². The summed E-state index contributed by atoms with van der Waals surface area (Å²) in [5, 5.41) is 0. The Bertz CT molecular complexity index is 55.8. The standard InChI is InChI=1S/C2H7FOS/c1-5(2,3)4/h5H,1-2H3. The maximum atomic E-state index is 11.2. The molecule has 0 aromatic heterocycles. The predicted octanol–water partition coefficient (Wildman–Crippen LogP) is 0.147. The number of thiol groups is 1. The van der Waals surface area contributed by atoms with E-state index in [2.05, 4.69) is 0 Å². The molecule has 0 bridgehead atoms. The lowest BCUT2D eigenvalue weighted by Gasteiger charge is -1.90. The molecule has 0 fully saturated rings. The molecule has 0 aromatic carbocycles. The van der Waals surface area contributed by atoms with E-state index < -0.39 is 10.3 Å². The smallest absolute Gasteiger partial charge is 0.0181 e. The highest BCUT2D eigenvalue weighted by molar-refractivity contribution is 7.96. The summed E-state index contributed by atoms with van der Waals surface area (Å²) < 4.78 is 20.8. The fraction of sp³-hybridized carbons (Fsp3) is 1.00. The molecule has 3 heteroatoms. The molecule has 0 heterocycles. The summed E-state index contributed by atoms with van der Waals surface area (Å²) in [5.41, 5.74) is 0. The first kappa shape index (κ1) is 5.08. The summed E-state index contributed by atoms with van der Waals surface area (Å²) in [6.07, 6.45) is 2.15. The third-order valence-electron chi connectivity index (χ3n) is 0. The molecule has 0 N–H and O–H groups in total. The van der Waals surface area contributed by atoms with E-state index in [4.69, 9.17) is 0 Å². The summed E-state index contributed by atoms with van der Waals surface area (Å²) >= 11 is 0. The predicted molar refractivity (Wildman–Crippen MR) is 22.5 cm³/mol. The van der Waals surface area contributed by atoms with Crippen molar-refractivity contribution >= 4 is 10.3 Å². The molecule has 5 heavy (non-hydrogen) atoms. The zero-order valence-corrected chi connectivity index (χ0v) is 4.13. The number of hydrogen-bond donors (Lipinski definition) is 1. The Kier molecular flexibility index (Phi) is 1.06. The Hall–Kier alpha value is 0.0800. The van der Waals surface area contributed by atoms with Crippen LogP contribution in [0.2, 0.25) is 0 Å². The van der Waals surface area contributed by atoms with Gasteiger partial charge in [0.15, 0.2) is 0 Å². The normalized spacial score (nSPS) is 15.0. The van der Waals surface area contributed by atoms with E-state index in [1.54, 1.807) is 0 Å². The molecule has 0 rings (SSSR count). The molecule has 0 aliphatic rings. The van der Waals surface area contributed by atoms with Gasteiger partial charge in [0, 0.05) is 22.8 Å². The maximum absolute atomic E-state index is 11.2. The van der Waals surface area contributed by atoms with Crippen LogP contribution in [0.25, 0.3) is 0 Å². The van der Waals surface area contributed by atoms with E-state index in [-0.39, 0.29) is 0 Å². The minimum Gasteiger partial charge on any atom is -0.256 e. The van der Waals surface area contributed by atoms with Gasteiger partial charge >= 0.3 is 0 Å². The van der Waals surface area contributed by atoms with E-state index in [0.29, 0.717) is 0 Å². The molecular formula is C2H7FOS. The average molecular weight is 98.1 g/mol. The molecule has 0 unspecified atom stereocenters. The summed E-state index contributed by atoms with van der Waals surface area (Å²) in [7, 11) is -3.14. The summed E-state index contributed by atoms with van der Waals surface area (Å²) in [6.45, 7) is 0. The first-order chi connectivity index (χ1) is 2.00. The Balaban J connectivity index is 3.47. The van der Waals surface area contributed by atoms with E-state index in [0.717, 1.165) is 12.5 Å². The minimum absolute atomic E-state index is 1.08. The van der Waals surface area contributed by atoms with Gasteiger partial charge in [0.2, 0.25) is 0 Å². The molecule has 0 amide bonds. The van der Waals surface area contributed by atoms with Crippen LogP contribution in [0.5, 0.6) is 0 Å². The lowest BCUT2D eigenvalue weighted by molar-refractivity contribution is 0.641. The third kappa shape index (κ3) is 2760. The van der Waals surface area contributed by atoms with E-state index >= 15 is 0 Å². The van der Waals surface area contributed by atoms with Gasteiger partial charge in [-0.1, -0.05) is 0 Å². The molecule has 0 spiro atoms. The molecule has 0 aliphatic carbocycles. The van der Waals surface area contributed by atoms with Crippen molar-refractivity contribution < 1.29 is 8.09 Å². The molecule has 0 aliphatic heterocycles. The van der Waals surface area contributed by atoms with Gasteiger partial charge in [-0.3, -0.25) is 4.21 Å². The van der Waals surface area contributed by atoms with Crippen LogP contribution in [0.15, 0.2) is 0 Å². The molecule has 0 radical (unpaired) electrons. The Labute approximate surface area is 31.9 Å². The van der Waals surface area contributed by atoms with Crippen molar-refractivity contribution in [3.8, 4) is 0 Å². The fourth-order valence-corrected chi connectivity index (χ4v) is 0. The number of hydrogen-bond acceptors (Lipinski definition) is 1. The van der Waals surface area contributed by atoms with Crippen LogP contribution in [-0.2, 0) is 10.3 Å². The molecule has 0 atom stereocenters. The van der Waals surface area contributed by atoms with Crippen LogP contribution in [0.4, 0.5) is 3.89 Å². The van der Waals surface area contributed by atoms with Crippen LogP contribution < -0.4 is 0 Å². The lowest BCUT2D eigenvalue weighted by Crippen LogP contribution is -1.91. The molecule has 34 valence electrons. The summed E-state index contributed by atoms with van der Waals surface area (Å²) in [4.78, 5) is 0. The maximum Gasteiger partial charge on any atom is 0.0181 e. The van der Waals surface area contributed by atoms with Crippen LogP contribution in [0.3, 0.4) is 0 Å². The van der Waals surface area contributed by atoms with Crippen molar-refractivity contribution in [1.29, 1.82) is 0 Å². The Morgan fingerprint density at radius 2 is 1.60 bits per heavy atom. The van der Waals surface area contributed by atoms with Gasteiger partial charge in [-0.05, 0) is 0 Å². The first-order valence-electron chi connectivity index (χ1n) is 1.25. The quantitative estimate of drug-likeness (QED) is 0.337. The zero-order chi connectivity index (χ0) is 4.50. The molecule has 0 aromatic rings. The second kappa shape index (κ2) is 1.05. The van der Waals surface area contributed by atoms with Crippen LogP contribution >= 0.6 is 0 Å². The van der Waals surface area contributed by atoms with Crippen molar-refractivity contribution in [3.63, 3.8) is 0 Å². The van der Waals surface area contributed by atoms with Crippen LogP contribution in [0, 0.1) is 0 Å². The van der Waals surface area contributed by atoms with Gasteiger partial charge in [0.25, 0.3) is 0 Å². The van der Waals surface area contributed by atoms with E-state index in [9.17, 15) is 8.09 Å². The van der Waals surface area contributed by atoms with Crippen molar-refractivity contribution in [2.24, 2.45) is 0 Å². The minimum atomic E-state index is -3.14. The fourth-order valence-electron chi connectivity index (χ4n) is 0. The second-order valence-corrected chi connectivity index (χ2v) is 3.66. The molecule has 0 saturated heterocycles. The van der Waals surface area contributed by atoms with Gasteiger partial charge in [-0.25, -0.2) is 0 Å². The Morgan fingerprint density at radius 3 is 1.60 bits per heavy atom. The first-order valence-corrected chi connectivity index (χ1v) is 3.74. The molecule has 1 nitrogen and oxygen atoms in total. The lowest BCUT2D eigenvalue weighted by atomic mass is 11.9. The monoisotopic (exact) mass is 98.0 g/mol. The van der Waals surface area contributed by atoms with Gasteiger partial charge < -0.3 is 0 Å². The van der Waals surface area contributed by atoms with Crippen molar-refractivity contribution in [3.05, 3.63) is 0 Å². The SMILES string of the molecule is C[SH](C)(=O)F. The Morgan fingerprint density at radius 1 is 1.60 bits per heavy atom. The van der Waals surface area contributed by atoms with Crippen LogP contribution in [0.1, 0.15) is 0 Å². The van der Waals surface area contributed by atoms with Gasteiger partial charge in [0.05, 0.1) is 0 Å².